The maximum Gasteiger partial charge on any atom is 0.310 e. The number of aliphatic carboxylic acids is 1. The van der Waals surface area contributed by atoms with E-state index >= 15 is 4.39 Å². The van der Waals surface area contributed by atoms with Crippen LogP contribution in [0.15, 0.2) is 47.4 Å². The van der Waals surface area contributed by atoms with Crippen molar-refractivity contribution in [3.05, 3.63) is 59.3 Å². The average Bonchev–Trinajstić information content (AvgIpc) is 3.14. The molecule has 0 bridgehead atoms. The van der Waals surface area contributed by atoms with Crippen molar-refractivity contribution < 1.29 is 23.8 Å². The van der Waals surface area contributed by atoms with Crippen molar-refractivity contribution in [3.8, 4) is 5.75 Å². The van der Waals surface area contributed by atoms with Gasteiger partial charge >= 0.3 is 5.97 Å². The van der Waals surface area contributed by atoms with Gasteiger partial charge in [0.2, 0.25) is 0 Å². The number of halogens is 1. The molecule has 1 N–H and O–H groups in total. The number of amides is 1. The lowest BCUT2D eigenvalue weighted by Crippen LogP contribution is -2.43. The Morgan fingerprint density at radius 1 is 1.26 bits per heavy atom. The molecule has 3 heterocycles. The zero-order valence-corrected chi connectivity index (χ0v) is 23.2. The Hall–Kier alpha value is -3.42. The predicted octanol–water partition coefficient (Wildman–Crippen LogP) is 5.81. The van der Waals surface area contributed by atoms with E-state index in [-0.39, 0.29) is 36.3 Å². The molecule has 8 heteroatoms. The summed E-state index contributed by atoms with van der Waals surface area (Å²) in [6.07, 6.45) is 8.64. The van der Waals surface area contributed by atoms with Gasteiger partial charge in [-0.15, -0.1) is 0 Å². The molecule has 1 saturated heterocycles. The van der Waals surface area contributed by atoms with Crippen LogP contribution in [-0.4, -0.2) is 58.7 Å². The highest BCUT2D eigenvalue weighted by molar-refractivity contribution is 6.43. The number of hydrogen-bond donors (Lipinski definition) is 1. The minimum absolute atomic E-state index is 0.0743. The third kappa shape index (κ3) is 6.17. The number of nitrogens with zero attached hydrogens (tertiary/aromatic N) is 3. The Bertz CT molecular complexity index is 1170. The first-order valence-electron chi connectivity index (χ1n) is 13.6. The van der Waals surface area contributed by atoms with Crippen LogP contribution in [0.3, 0.4) is 0 Å². The minimum atomic E-state index is -0.961. The van der Waals surface area contributed by atoms with Gasteiger partial charge < -0.3 is 19.6 Å². The van der Waals surface area contributed by atoms with Crippen molar-refractivity contribution >= 4 is 23.2 Å². The summed E-state index contributed by atoms with van der Waals surface area (Å²) in [5, 5.41) is 9.25. The average molecular weight is 526 g/mol. The molecule has 0 spiro atoms. The second-order valence-corrected chi connectivity index (χ2v) is 9.74. The minimum Gasteiger partial charge on any atom is -0.489 e. The van der Waals surface area contributed by atoms with Gasteiger partial charge in [0.15, 0.2) is 11.6 Å². The van der Waals surface area contributed by atoms with E-state index in [0.29, 0.717) is 29.1 Å². The number of carbonyl (C=O) groups excluding carboxylic acids is 1. The van der Waals surface area contributed by atoms with Crippen molar-refractivity contribution in [2.24, 2.45) is 10.9 Å². The van der Waals surface area contributed by atoms with Gasteiger partial charge in [0.1, 0.15) is 18.1 Å². The van der Waals surface area contributed by atoms with Crippen molar-refractivity contribution in [3.63, 3.8) is 0 Å². The van der Waals surface area contributed by atoms with Crippen LogP contribution in [0.25, 0.3) is 5.57 Å². The van der Waals surface area contributed by atoms with Crippen molar-refractivity contribution in [2.45, 2.75) is 72.3 Å². The van der Waals surface area contributed by atoms with E-state index in [1.54, 1.807) is 18.2 Å². The summed E-state index contributed by atoms with van der Waals surface area (Å²) in [6, 6.07) is 3.44. The molecule has 3 aliphatic heterocycles. The Labute approximate surface area is 225 Å². The molecule has 2 unspecified atom stereocenters. The van der Waals surface area contributed by atoms with Gasteiger partial charge in [-0.3, -0.25) is 9.59 Å². The van der Waals surface area contributed by atoms with E-state index in [1.807, 2.05) is 43.7 Å². The topological polar surface area (TPSA) is 82.4 Å². The zero-order valence-electron chi connectivity index (χ0n) is 23.2. The molecule has 1 aromatic carbocycles. The fourth-order valence-electron chi connectivity index (χ4n) is 5.00. The van der Waals surface area contributed by atoms with Crippen LogP contribution in [0.2, 0.25) is 0 Å². The third-order valence-corrected chi connectivity index (χ3v) is 7.28. The van der Waals surface area contributed by atoms with Crippen LogP contribution in [0.4, 0.5) is 4.39 Å². The first-order valence-corrected chi connectivity index (χ1v) is 13.6. The van der Waals surface area contributed by atoms with E-state index in [1.165, 1.54) is 0 Å². The summed E-state index contributed by atoms with van der Waals surface area (Å²) in [5.41, 5.74) is 2.48. The van der Waals surface area contributed by atoms with Gasteiger partial charge in [0, 0.05) is 30.9 Å². The summed E-state index contributed by atoms with van der Waals surface area (Å²) in [6.45, 7) is 12.8. The van der Waals surface area contributed by atoms with Gasteiger partial charge in [-0.05, 0) is 55.9 Å². The monoisotopic (exact) mass is 525 g/mol. The highest BCUT2D eigenvalue weighted by Crippen LogP contribution is 2.35. The standard InChI is InChI=1S/C28H34FN3O4.C2H6/c1-5-21-15-23(27(33)32-12-8-6-7-9-18(32)3)30-24(31(21)4)13-17(2)22-11-10-19-14-20(28(34)35)16-36-26(19)25(22)29;1-2/h10-11,13,15,18,20H,2,5-9,12,14,16H2,1,3-4H3,(H,34,35);1-2H3/b24-13-;. The molecule has 0 aliphatic carbocycles. The Morgan fingerprint density at radius 3 is 2.68 bits per heavy atom. The number of allylic oxidation sites excluding steroid dienone is 3. The zero-order chi connectivity index (χ0) is 28.0. The van der Waals surface area contributed by atoms with E-state index in [4.69, 9.17) is 4.74 Å². The lowest BCUT2D eigenvalue weighted by Gasteiger charge is -2.31. The second-order valence-electron chi connectivity index (χ2n) is 9.74. The molecule has 3 aliphatic rings. The molecular formula is C30H40FN3O4. The van der Waals surface area contributed by atoms with Crippen molar-refractivity contribution in [2.75, 3.05) is 20.2 Å². The molecule has 206 valence electrons. The summed E-state index contributed by atoms with van der Waals surface area (Å²) in [5.74, 6) is -1.72. The molecule has 1 aromatic rings. The lowest BCUT2D eigenvalue weighted by atomic mass is 9.94. The Morgan fingerprint density at radius 2 is 2.00 bits per heavy atom. The molecule has 0 radical (unpaired) electrons. The van der Waals surface area contributed by atoms with Gasteiger partial charge in [-0.1, -0.05) is 52.3 Å². The molecule has 2 atom stereocenters. The highest BCUT2D eigenvalue weighted by Gasteiger charge is 2.30. The van der Waals surface area contributed by atoms with Crippen LogP contribution < -0.4 is 4.74 Å². The first-order chi connectivity index (χ1) is 18.2. The summed E-state index contributed by atoms with van der Waals surface area (Å²) in [7, 11) is 1.87. The summed E-state index contributed by atoms with van der Waals surface area (Å²) >= 11 is 0. The molecule has 0 saturated carbocycles. The molecule has 7 nitrogen and oxygen atoms in total. The normalized spacial score (nSPS) is 22.2. The van der Waals surface area contributed by atoms with Gasteiger partial charge in [-0.2, -0.15) is 0 Å². The molecule has 38 heavy (non-hydrogen) atoms. The van der Waals surface area contributed by atoms with Crippen LogP contribution in [0.5, 0.6) is 5.75 Å². The number of hydrogen-bond acceptors (Lipinski definition) is 5. The lowest BCUT2D eigenvalue weighted by molar-refractivity contribution is -0.143. The molecule has 1 amide bonds. The number of ether oxygens (including phenoxy) is 1. The second kappa shape index (κ2) is 12.9. The maximum atomic E-state index is 15.4. The van der Waals surface area contributed by atoms with Crippen molar-refractivity contribution in [1.82, 2.24) is 9.80 Å². The number of rotatable bonds is 5. The van der Waals surface area contributed by atoms with E-state index in [9.17, 15) is 14.7 Å². The quantitative estimate of drug-likeness (QED) is 0.524. The van der Waals surface area contributed by atoms with Gasteiger partial charge in [-0.25, -0.2) is 9.38 Å². The third-order valence-electron chi connectivity index (χ3n) is 7.28. The number of carboxylic acid groups (broad SMARTS) is 1. The van der Waals surface area contributed by atoms with Crippen LogP contribution in [0, 0.1) is 11.7 Å². The molecule has 4 rings (SSSR count). The number of carboxylic acids is 1. The van der Waals surface area contributed by atoms with Crippen molar-refractivity contribution in [1.29, 1.82) is 0 Å². The highest BCUT2D eigenvalue weighted by atomic mass is 19.1. The van der Waals surface area contributed by atoms with Crippen LogP contribution in [0.1, 0.15) is 70.9 Å². The van der Waals surface area contributed by atoms with E-state index in [0.717, 1.165) is 37.9 Å². The Kier molecular flexibility index (Phi) is 9.89. The summed E-state index contributed by atoms with van der Waals surface area (Å²) < 4.78 is 20.9. The largest absolute Gasteiger partial charge is 0.489 e. The summed E-state index contributed by atoms with van der Waals surface area (Å²) in [4.78, 5) is 33.2. The first kappa shape index (κ1) is 29.1. The molecule has 0 aromatic heterocycles. The van der Waals surface area contributed by atoms with E-state index < -0.39 is 17.7 Å². The SMILES string of the molecule is C=C(/C=C1/N=C(C(=O)N2CCCCCC2C)C=C(CC)N1C)c1ccc2c(c1F)OCC(C(=O)O)C2.CC. The fourth-order valence-corrected chi connectivity index (χ4v) is 5.00. The maximum absolute atomic E-state index is 15.4. The Balaban J connectivity index is 0.00000195. The predicted molar refractivity (Wildman–Crippen MR) is 148 cm³/mol. The number of benzene rings is 1. The van der Waals surface area contributed by atoms with Gasteiger partial charge in [0.25, 0.3) is 5.91 Å². The number of carbonyl (C=O) groups is 2. The number of aliphatic imine (C=N–C) groups is 1. The van der Waals surface area contributed by atoms with Gasteiger partial charge in [0.05, 0.1) is 5.92 Å². The van der Waals surface area contributed by atoms with Crippen LogP contribution in [-0.2, 0) is 16.0 Å². The smallest absolute Gasteiger partial charge is 0.310 e. The number of likely N-dealkylation sites (tertiary alicyclic amines) is 1. The fraction of sp³-hybridized carbons (Fsp3) is 0.500. The molecule has 1 fully saturated rings. The van der Waals surface area contributed by atoms with Crippen LogP contribution >= 0.6 is 0 Å². The van der Waals surface area contributed by atoms with E-state index in [2.05, 4.69) is 18.5 Å². The number of fused-ring (bicyclic) bond motifs is 1. The molecular weight excluding hydrogens is 485 g/mol.